The second-order valence-electron chi connectivity index (χ2n) is 12.5. The van der Waals surface area contributed by atoms with Crippen LogP contribution >= 0.6 is 0 Å². The molecule has 0 spiro atoms. The van der Waals surface area contributed by atoms with E-state index in [9.17, 15) is 19.2 Å². The van der Waals surface area contributed by atoms with Gasteiger partial charge in [0.25, 0.3) is 0 Å². The van der Waals surface area contributed by atoms with Crippen LogP contribution in [0.3, 0.4) is 0 Å². The molecule has 0 radical (unpaired) electrons. The Balaban J connectivity index is 1.22. The monoisotopic (exact) mass is 628 g/mol. The predicted molar refractivity (Wildman–Crippen MR) is 170 cm³/mol. The molecule has 1 N–H and O–H groups in total. The van der Waals surface area contributed by atoms with Gasteiger partial charge in [-0.2, -0.15) is 0 Å². The molecule has 1 fully saturated rings. The van der Waals surface area contributed by atoms with Crippen molar-refractivity contribution >= 4 is 24.1 Å². The molecule has 46 heavy (non-hydrogen) atoms. The largest absolute Gasteiger partial charge is 0.459 e. The number of nitrogens with one attached hydrogen (secondary N) is 1. The Morgan fingerprint density at radius 1 is 0.870 bits per heavy atom. The molecule has 0 unspecified atom stereocenters. The number of hydrogen-bond acceptors (Lipinski definition) is 8. The van der Waals surface area contributed by atoms with Crippen LogP contribution in [0.25, 0.3) is 11.1 Å². The maximum absolute atomic E-state index is 13.4. The Hall–Kier alpha value is -4.86. The number of carbonyl (C=O) groups is 4. The summed E-state index contributed by atoms with van der Waals surface area (Å²) in [6.07, 6.45) is -1.65. The van der Waals surface area contributed by atoms with Crippen molar-refractivity contribution in [3.8, 4) is 11.1 Å². The smallest absolute Gasteiger partial charge is 0.410 e. The van der Waals surface area contributed by atoms with Crippen LogP contribution in [0.5, 0.6) is 0 Å². The van der Waals surface area contributed by atoms with E-state index >= 15 is 0 Å². The number of hydrogen-bond donors (Lipinski definition) is 1. The highest BCUT2D eigenvalue weighted by atomic mass is 16.6. The minimum Gasteiger partial charge on any atom is -0.459 e. The van der Waals surface area contributed by atoms with E-state index in [1.165, 1.54) is 11.8 Å². The lowest BCUT2D eigenvalue weighted by Gasteiger charge is -2.28. The van der Waals surface area contributed by atoms with Crippen molar-refractivity contribution in [1.29, 1.82) is 0 Å². The van der Waals surface area contributed by atoms with Gasteiger partial charge < -0.3 is 24.3 Å². The van der Waals surface area contributed by atoms with Crippen LogP contribution in [0.2, 0.25) is 0 Å². The first-order valence-electron chi connectivity index (χ1n) is 15.5. The molecule has 10 nitrogen and oxygen atoms in total. The van der Waals surface area contributed by atoms with Gasteiger partial charge in [-0.1, -0.05) is 78.9 Å². The molecule has 0 aromatic heterocycles. The Morgan fingerprint density at radius 2 is 1.48 bits per heavy atom. The number of esters is 2. The first-order valence-corrected chi connectivity index (χ1v) is 15.5. The summed E-state index contributed by atoms with van der Waals surface area (Å²) in [5, 5.41) is 2.49. The Morgan fingerprint density at radius 3 is 2.11 bits per heavy atom. The second-order valence-corrected chi connectivity index (χ2v) is 12.5. The van der Waals surface area contributed by atoms with E-state index in [0.29, 0.717) is 19.4 Å². The summed E-state index contributed by atoms with van der Waals surface area (Å²) < 4.78 is 22.3. The van der Waals surface area contributed by atoms with Crippen molar-refractivity contribution in [2.75, 3.05) is 13.2 Å². The van der Waals surface area contributed by atoms with Crippen LogP contribution in [0.4, 0.5) is 9.59 Å². The number of carbonyl (C=O) groups excluding carboxylic acids is 4. The van der Waals surface area contributed by atoms with Crippen molar-refractivity contribution in [2.45, 2.75) is 76.9 Å². The molecule has 3 aromatic carbocycles. The van der Waals surface area contributed by atoms with Gasteiger partial charge in [0.05, 0.1) is 0 Å². The van der Waals surface area contributed by atoms with Crippen molar-refractivity contribution in [2.24, 2.45) is 0 Å². The number of nitrogens with zero attached hydrogens (tertiary/aromatic N) is 1. The fourth-order valence-electron chi connectivity index (χ4n) is 5.86. The predicted octanol–water partition coefficient (Wildman–Crippen LogP) is 5.97. The van der Waals surface area contributed by atoms with Gasteiger partial charge in [-0.25, -0.2) is 19.2 Å². The molecule has 1 saturated heterocycles. The number of alkyl carbamates (subject to hydrolysis) is 1. The summed E-state index contributed by atoms with van der Waals surface area (Å²) in [6.45, 7) is 6.96. The highest BCUT2D eigenvalue weighted by Gasteiger charge is 2.40. The summed E-state index contributed by atoms with van der Waals surface area (Å²) in [5.74, 6) is -1.62. The average molecular weight is 629 g/mol. The molecular formula is C36H40N2O8. The zero-order valence-electron chi connectivity index (χ0n) is 26.6. The van der Waals surface area contributed by atoms with Crippen LogP contribution in [-0.4, -0.2) is 66.0 Å². The molecule has 1 heterocycles. The van der Waals surface area contributed by atoms with Crippen LogP contribution in [0.15, 0.2) is 78.9 Å². The van der Waals surface area contributed by atoms with Gasteiger partial charge in [0.15, 0.2) is 6.04 Å². The minimum atomic E-state index is -1.35. The van der Waals surface area contributed by atoms with Gasteiger partial charge in [0.1, 0.15) is 31.0 Å². The summed E-state index contributed by atoms with van der Waals surface area (Å²) in [4.78, 5) is 53.9. The van der Waals surface area contributed by atoms with Crippen LogP contribution in [-0.2, 0) is 35.1 Å². The zero-order valence-corrected chi connectivity index (χ0v) is 26.6. The van der Waals surface area contributed by atoms with Crippen molar-refractivity contribution in [3.05, 3.63) is 95.6 Å². The molecule has 3 aromatic rings. The molecule has 1 aliphatic carbocycles. The molecule has 2 aliphatic rings. The fraction of sp³-hybridized carbons (Fsp3) is 0.389. The minimum absolute atomic E-state index is 0.0367. The number of likely N-dealkylation sites (tertiary alicyclic amines) is 1. The van der Waals surface area contributed by atoms with E-state index in [2.05, 4.69) is 17.4 Å². The molecule has 2 amide bonds. The molecular weight excluding hydrogens is 588 g/mol. The van der Waals surface area contributed by atoms with Gasteiger partial charge in [0.2, 0.25) is 0 Å². The van der Waals surface area contributed by atoms with E-state index in [0.717, 1.165) is 27.8 Å². The zero-order chi connectivity index (χ0) is 32.8. The number of rotatable bonds is 9. The number of amides is 2. The topological polar surface area (TPSA) is 120 Å². The van der Waals surface area contributed by atoms with E-state index in [4.69, 9.17) is 18.9 Å². The van der Waals surface area contributed by atoms with Crippen LogP contribution in [0, 0.1) is 0 Å². The number of ether oxygens (including phenoxy) is 4. The van der Waals surface area contributed by atoms with Gasteiger partial charge in [0, 0.05) is 12.5 Å². The highest BCUT2D eigenvalue weighted by Crippen LogP contribution is 2.44. The number of fused-ring (bicyclic) bond motifs is 3. The van der Waals surface area contributed by atoms with Crippen LogP contribution in [0.1, 0.15) is 63.1 Å². The molecule has 0 bridgehead atoms. The summed E-state index contributed by atoms with van der Waals surface area (Å²) in [6, 6.07) is 22.9. The van der Waals surface area contributed by atoms with Crippen molar-refractivity contribution in [1.82, 2.24) is 10.2 Å². The lowest BCUT2D eigenvalue weighted by atomic mass is 9.98. The van der Waals surface area contributed by atoms with Gasteiger partial charge in [-0.15, -0.1) is 0 Å². The van der Waals surface area contributed by atoms with Gasteiger partial charge in [-0.3, -0.25) is 4.90 Å². The standard InChI is InChI=1S/C36H40N2O8/c1-23(31(37-34(41)46-36(2,3)4)33(40)43-21-24-13-6-5-7-14-24)45-32(39)30-19-12-20-38(30)35(42)44-22-29-27-17-10-8-15-25(27)26-16-9-11-18-28(26)29/h5-11,13-18,23,29-31H,12,19-22H2,1-4H3,(H,37,41)/t23-,30-,31+/m1/s1. The van der Waals surface area contributed by atoms with E-state index in [1.807, 2.05) is 54.6 Å². The van der Waals surface area contributed by atoms with Crippen molar-refractivity contribution < 1.29 is 38.1 Å². The maximum atomic E-state index is 13.4. The third kappa shape index (κ3) is 7.67. The highest BCUT2D eigenvalue weighted by molar-refractivity contribution is 5.85. The molecule has 5 rings (SSSR count). The third-order valence-corrected chi connectivity index (χ3v) is 8.02. The second kappa shape index (κ2) is 14.1. The molecule has 0 saturated carbocycles. The summed E-state index contributed by atoms with van der Waals surface area (Å²) in [7, 11) is 0. The molecule has 10 heteroatoms. The van der Waals surface area contributed by atoms with E-state index in [1.54, 1.807) is 32.9 Å². The lowest BCUT2D eigenvalue weighted by molar-refractivity contribution is -0.161. The average Bonchev–Trinajstić information content (AvgIpc) is 3.65. The summed E-state index contributed by atoms with van der Waals surface area (Å²) >= 11 is 0. The Bertz CT molecular complexity index is 1520. The molecule has 3 atom stereocenters. The van der Waals surface area contributed by atoms with E-state index in [-0.39, 0.29) is 19.1 Å². The number of benzene rings is 3. The van der Waals surface area contributed by atoms with Crippen LogP contribution < -0.4 is 5.32 Å². The summed E-state index contributed by atoms with van der Waals surface area (Å²) in [5.41, 5.74) is 4.34. The normalized spacial score (nSPS) is 16.9. The van der Waals surface area contributed by atoms with Gasteiger partial charge >= 0.3 is 24.1 Å². The first-order chi connectivity index (χ1) is 22.0. The maximum Gasteiger partial charge on any atom is 0.410 e. The van der Waals surface area contributed by atoms with E-state index < -0.39 is 47.9 Å². The van der Waals surface area contributed by atoms with Crippen molar-refractivity contribution in [3.63, 3.8) is 0 Å². The first kappa shape index (κ1) is 32.5. The fourth-order valence-corrected chi connectivity index (χ4v) is 5.86. The molecule has 1 aliphatic heterocycles. The Kier molecular flexibility index (Phi) is 9.94. The SMILES string of the molecule is C[C@@H](OC(=O)[C@H]1CCCN1C(=O)OCC1c2ccccc2-c2ccccc21)[C@H](NC(=O)OC(C)(C)C)C(=O)OCc1ccccc1. The Labute approximate surface area is 269 Å². The van der Waals surface area contributed by atoms with Gasteiger partial charge in [-0.05, 0) is 68.4 Å². The third-order valence-electron chi connectivity index (χ3n) is 8.02. The quantitative estimate of drug-likeness (QED) is 0.227. The lowest BCUT2D eigenvalue weighted by Crippen LogP contribution is -2.52. The molecule has 242 valence electrons.